The zero-order valence-corrected chi connectivity index (χ0v) is 17.8. The molecule has 4 nitrogen and oxygen atoms in total. The Hall–Kier alpha value is -2.27. The van der Waals surface area contributed by atoms with E-state index < -0.39 is 12.0 Å². The highest BCUT2D eigenvalue weighted by atomic mass is 32.2. The molecule has 2 aromatic carbocycles. The van der Waals surface area contributed by atoms with Gasteiger partial charge in [-0.2, -0.15) is 11.8 Å². The number of benzene rings is 2. The summed E-state index contributed by atoms with van der Waals surface area (Å²) in [5.74, 6) is 0.0891. The first-order valence-corrected chi connectivity index (χ1v) is 10.8. The molecule has 1 atom stereocenters. The summed E-state index contributed by atoms with van der Waals surface area (Å²) >= 11 is 1.63. The Labute approximate surface area is 172 Å². The average Bonchev–Trinajstić information content (AvgIpc) is 2.69. The van der Waals surface area contributed by atoms with Crippen LogP contribution in [0.2, 0.25) is 0 Å². The van der Waals surface area contributed by atoms with Crippen LogP contribution >= 0.6 is 11.8 Å². The molecule has 0 saturated heterocycles. The van der Waals surface area contributed by atoms with Crippen LogP contribution in [0.25, 0.3) is 0 Å². The number of carbonyl (C=O) groups is 2. The van der Waals surface area contributed by atoms with E-state index in [1.165, 1.54) is 5.56 Å². The Morgan fingerprint density at radius 1 is 1.04 bits per heavy atom. The highest BCUT2D eigenvalue weighted by Gasteiger charge is 2.22. The van der Waals surface area contributed by atoms with Crippen molar-refractivity contribution < 1.29 is 14.3 Å². The van der Waals surface area contributed by atoms with Crippen molar-refractivity contribution in [3.05, 3.63) is 71.3 Å². The van der Waals surface area contributed by atoms with E-state index in [1.54, 1.807) is 36.0 Å². The molecule has 1 amide bonds. The van der Waals surface area contributed by atoms with Crippen LogP contribution in [0, 0.1) is 0 Å². The molecule has 2 rings (SSSR count). The van der Waals surface area contributed by atoms with Crippen LogP contribution in [0.3, 0.4) is 0 Å². The van der Waals surface area contributed by atoms with Crippen molar-refractivity contribution in [2.45, 2.75) is 45.3 Å². The quantitative estimate of drug-likeness (QED) is 0.660. The van der Waals surface area contributed by atoms with E-state index >= 15 is 0 Å². The first-order chi connectivity index (χ1) is 13.3. The molecule has 0 aliphatic carbocycles. The highest BCUT2D eigenvalue weighted by molar-refractivity contribution is 7.98. The number of nitrogens with one attached hydrogen (secondary N) is 1. The molecule has 0 aromatic heterocycles. The third-order valence-electron chi connectivity index (χ3n) is 4.44. The lowest BCUT2D eigenvalue weighted by molar-refractivity contribution is -0.147. The number of hydrogen-bond donors (Lipinski definition) is 1. The fourth-order valence-electron chi connectivity index (χ4n) is 2.67. The summed E-state index contributed by atoms with van der Waals surface area (Å²) in [5.41, 5.74) is 2.77. The molecule has 5 heteroatoms. The van der Waals surface area contributed by atoms with Crippen molar-refractivity contribution in [3.63, 3.8) is 0 Å². The van der Waals surface area contributed by atoms with Gasteiger partial charge >= 0.3 is 5.97 Å². The lowest BCUT2D eigenvalue weighted by Crippen LogP contribution is -2.42. The van der Waals surface area contributed by atoms with Crippen LogP contribution in [-0.4, -0.2) is 29.9 Å². The fourth-order valence-corrected chi connectivity index (χ4v) is 3.14. The molecule has 0 fully saturated rings. The minimum absolute atomic E-state index is 0.0832. The molecular formula is C23H29NO3S. The molecule has 2 aromatic rings. The highest BCUT2D eigenvalue weighted by Crippen LogP contribution is 2.22. The second kappa shape index (κ2) is 10.3. The summed E-state index contributed by atoms with van der Waals surface area (Å²) in [5, 5.41) is 2.81. The number of rotatable bonds is 8. The summed E-state index contributed by atoms with van der Waals surface area (Å²) in [6.45, 7) is 6.68. The number of ether oxygens (including phenoxy) is 1. The summed E-state index contributed by atoms with van der Waals surface area (Å²) in [4.78, 5) is 25.0. The molecule has 28 heavy (non-hydrogen) atoms. The molecule has 0 heterocycles. The number of hydrogen-bond acceptors (Lipinski definition) is 4. The number of carbonyl (C=O) groups excluding carboxylic acids is 2. The van der Waals surface area contributed by atoms with Crippen LogP contribution < -0.4 is 5.32 Å². The van der Waals surface area contributed by atoms with Crippen molar-refractivity contribution in [2.24, 2.45) is 0 Å². The largest absolute Gasteiger partial charge is 0.459 e. The molecule has 150 valence electrons. The summed E-state index contributed by atoms with van der Waals surface area (Å²) in [6, 6.07) is 16.3. The van der Waals surface area contributed by atoms with Gasteiger partial charge in [0.05, 0.1) is 0 Å². The van der Waals surface area contributed by atoms with Gasteiger partial charge in [-0.1, -0.05) is 63.2 Å². The minimum atomic E-state index is -0.658. The van der Waals surface area contributed by atoms with Crippen molar-refractivity contribution in [1.29, 1.82) is 0 Å². The van der Waals surface area contributed by atoms with E-state index in [9.17, 15) is 9.59 Å². The molecule has 0 aliphatic rings. The van der Waals surface area contributed by atoms with Crippen LogP contribution in [0.1, 0.15) is 48.7 Å². The lowest BCUT2D eigenvalue weighted by Gasteiger charge is -2.20. The molecule has 1 N–H and O–H groups in total. The normalized spacial score (nSPS) is 12.3. The summed E-state index contributed by atoms with van der Waals surface area (Å²) in [7, 11) is 0. The zero-order chi connectivity index (χ0) is 20.6. The van der Waals surface area contributed by atoms with Crippen LogP contribution in [0.15, 0.2) is 54.6 Å². The number of thioether (sulfide) groups is 1. The topological polar surface area (TPSA) is 55.4 Å². The Balaban J connectivity index is 1.97. The number of amides is 1. The predicted octanol–water partition coefficient (Wildman–Crippen LogP) is 4.58. The predicted molar refractivity (Wildman–Crippen MR) is 116 cm³/mol. The van der Waals surface area contributed by atoms with Crippen LogP contribution in [-0.2, 0) is 21.6 Å². The molecule has 0 radical (unpaired) electrons. The molecule has 0 bridgehead atoms. The molecular weight excluding hydrogens is 370 g/mol. The van der Waals surface area contributed by atoms with E-state index in [0.29, 0.717) is 12.0 Å². The van der Waals surface area contributed by atoms with Crippen LogP contribution in [0.5, 0.6) is 0 Å². The van der Waals surface area contributed by atoms with Gasteiger partial charge < -0.3 is 10.1 Å². The second-order valence-corrected chi connectivity index (χ2v) is 8.71. The summed E-state index contributed by atoms with van der Waals surface area (Å²) < 4.78 is 5.49. The van der Waals surface area contributed by atoms with Gasteiger partial charge in [-0.15, -0.1) is 0 Å². The van der Waals surface area contributed by atoms with Gasteiger partial charge in [0.2, 0.25) is 0 Å². The zero-order valence-electron chi connectivity index (χ0n) is 17.0. The Morgan fingerprint density at radius 2 is 1.68 bits per heavy atom. The first kappa shape index (κ1) is 22.0. The third-order valence-corrected chi connectivity index (χ3v) is 5.08. The van der Waals surface area contributed by atoms with Crippen LogP contribution in [0.4, 0.5) is 0 Å². The van der Waals surface area contributed by atoms with Gasteiger partial charge in [0, 0.05) is 5.56 Å². The Kier molecular flexibility index (Phi) is 8.12. The van der Waals surface area contributed by atoms with Crippen molar-refractivity contribution in [3.8, 4) is 0 Å². The first-order valence-electron chi connectivity index (χ1n) is 9.42. The molecule has 0 saturated carbocycles. The third kappa shape index (κ3) is 6.71. The fraction of sp³-hybridized carbons (Fsp3) is 0.391. The SMILES string of the molecule is CSCCC(NC(=O)c1ccccc1)C(=O)OCc1ccc(C(C)(C)C)cc1. The second-order valence-electron chi connectivity index (χ2n) is 7.73. The van der Waals surface area contributed by atoms with Crippen molar-refractivity contribution in [1.82, 2.24) is 5.32 Å². The van der Waals surface area contributed by atoms with Crippen molar-refractivity contribution >= 4 is 23.6 Å². The maximum atomic E-state index is 12.6. The minimum Gasteiger partial charge on any atom is -0.459 e. The molecule has 0 aliphatic heterocycles. The number of esters is 1. The van der Waals surface area contributed by atoms with E-state index in [2.05, 4.69) is 38.2 Å². The van der Waals surface area contributed by atoms with Gasteiger partial charge in [0.25, 0.3) is 5.91 Å². The average molecular weight is 400 g/mol. The standard InChI is InChI=1S/C23H29NO3S/c1-23(2,3)19-12-10-17(11-13-19)16-27-22(26)20(14-15-28-4)24-21(25)18-8-6-5-7-9-18/h5-13,20H,14-16H2,1-4H3,(H,24,25). The maximum Gasteiger partial charge on any atom is 0.329 e. The monoisotopic (exact) mass is 399 g/mol. The smallest absolute Gasteiger partial charge is 0.329 e. The van der Waals surface area contributed by atoms with Gasteiger partial charge in [0.15, 0.2) is 0 Å². The summed E-state index contributed by atoms with van der Waals surface area (Å²) in [6.07, 6.45) is 2.50. The Morgan fingerprint density at radius 3 is 2.25 bits per heavy atom. The van der Waals surface area contributed by atoms with E-state index in [1.807, 2.05) is 24.5 Å². The van der Waals surface area contributed by atoms with E-state index in [-0.39, 0.29) is 17.9 Å². The van der Waals surface area contributed by atoms with Gasteiger partial charge in [-0.3, -0.25) is 4.79 Å². The van der Waals surface area contributed by atoms with Gasteiger partial charge in [0.1, 0.15) is 12.6 Å². The van der Waals surface area contributed by atoms with Crippen molar-refractivity contribution in [2.75, 3.05) is 12.0 Å². The molecule has 1 unspecified atom stereocenters. The van der Waals surface area contributed by atoms with E-state index in [0.717, 1.165) is 11.3 Å². The lowest BCUT2D eigenvalue weighted by atomic mass is 9.87. The van der Waals surface area contributed by atoms with Gasteiger partial charge in [-0.05, 0) is 47.1 Å². The van der Waals surface area contributed by atoms with E-state index in [4.69, 9.17) is 4.74 Å². The van der Waals surface area contributed by atoms with Gasteiger partial charge in [-0.25, -0.2) is 4.79 Å². The maximum absolute atomic E-state index is 12.6. The Bertz CT molecular complexity index is 767. The molecule has 0 spiro atoms.